The number of carboxylic acids is 1. The second-order valence-corrected chi connectivity index (χ2v) is 32.9. The molecule has 6 aliphatic rings. The topological polar surface area (TPSA) is 384 Å². The fraction of sp³-hybridized carbons (Fsp3) is 0.375. The molecule has 15 rings (SSSR count). The van der Waals surface area contributed by atoms with Crippen molar-refractivity contribution in [3.8, 4) is 33.8 Å². The minimum Gasteiger partial charge on any atom is -0.493 e. The Morgan fingerprint density at radius 2 is 0.837 bits per heavy atom. The molecule has 4 saturated heterocycles. The molecule has 0 radical (unpaired) electrons. The van der Waals surface area contributed by atoms with Crippen molar-refractivity contribution in [1.82, 2.24) is 28.1 Å². The average molecular weight is 1760 g/mol. The summed E-state index contributed by atoms with van der Waals surface area (Å²) in [5, 5.41) is 23.8. The van der Waals surface area contributed by atoms with Gasteiger partial charge < -0.3 is 103 Å². The van der Waals surface area contributed by atoms with Gasteiger partial charge in [-0.15, -0.1) is 0 Å². The predicted molar refractivity (Wildman–Crippen MR) is 486 cm³/mol. The first-order valence-corrected chi connectivity index (χ1v) is 43.6. The van der Waals surface area contributed by atoms with E-state index >= 15 is 0 Å². The summed E-state index contributed by atoms with van der Waals surface area (Å²) in [7, 11) is 6.89. The SMILES string of the molecule is C=CCOC(=O)N1c2cc(OCCCC(=O)Nc3cc(C(=O)Nc4ccc(-c5cc(C(=O)Nc6ccc(N)cc6)n(C)c5)cc4)n(C)c3)c(C)cc2C(=O)N2CCCC[C@H]2C1OC1CCCCO1.C=CCOC(=O)N1c2cc(OCCCC(=O)Nc3cc(C(=O)Nc4ccc(-c5cc(C(=O)O)n(C)c5)cc4)n(C)c3)c(C)cc2C(=O)N2CCCC[C@H]2C1OC1CCCCO1. The first-order valence-electron chi connectivity index (χ1n) is 43.6. The third kappa shape index (κ3) is 21.9. The van der Waals surface area contributed by atoms with Crippen LogP contribution in [0.4, 0.5) is 55.1 Å². The second-order valence-electron chi connectivity index (χ2n) is 32.9. The number of carboxylic acid groups (broad SMARTS) is 1. The Kier molecular flexibility index (Phi) is 29.6. The van der Waals surface area contributed by atoms with E-state index in [1.165, 1.54) is 22.0 Å². The van der Waals surface area contributed by atoms with E-state index < -0.39 is 55.3 Å². The van der Waals surface area contributed by atoms with Crippen LogP contribution in [0.5, 0.6) is 11.5 Å². The molecule has 4 unspecified atom stereocenters. The van der Waals surface area contributed by atoms with Gasteiger partial charge in [-0.2, -0.15) is 0 Å². The Morgan fingerprint density at radius 1 is 0.457 bits per heavy atom. The zero-order chi connectivity index (χ0) is 91.1. The van der Waals surface area contributed by atoms with Crippen LogP contribution in [0.15, 0.2) is 171 Å². The van der Waals surface area contributed by atoms with Crippen molar-refractivity contribution in [1.29, 1.82) is 0 Å². The van der Waals surface area contributed by atoms with Crippen molar-refractivity contribution in [2.24, 2.45) is 28.2 Å². The number of ether oxygens (including phenoxy) is 8. The van der Waals surface area contributed by atoms with Crippen molar-refractivity contribution < 1.29 is 90.9 Å². The van der Waals surface area contributed by atoms with Gasteiger partial charge in [0, 0.05) is 138 Å². The molecule has 0 bridgehead atoms. The van der Waals surface area contributed by atoms with Crippen LogP contribution in [-0.2, 0) is 66.2 Å². The molecule has 6 atom stereocenters. The number of aromatic nitrogens is 4. The molecule has 4 fully saturated rings. The number of benzene rings is 5. The number of piperidine rings is 2. The van der Waals surface area contributed by atoms with E-state index in [2.05, 4.69) is 39.7 Å². The standard InChI is InChI=1S/C51H58N8O9.C45H52N6O10/c1-5-23-67-51(64)59-41-29-44(32(2)26-39(41)49(63)58-22-8-6-11-40(58)50(59)68-46-13-7-9-24-66-46)65-25-10-12-45(60)53-38-28-43(57(4)31-38)48(62)54-36-18-14-33(15-19-36)34-27-42(56(3)30-34)47(61)55-37-20-16-35(52)17-21-37;1-5-19-60-45(57)51-35-25-38(28(2)22-33(35)42(54)50-18-8-6-11-34(50)43(51)61-40-13-7-9-20-59-40)58-21-10-12-39(52)46-32-24-36(49(4)27-32)41(53)47-31-16-14-29(15-17-31)30-23-37(44(55)56)48(3)26-30/h5,14-21,26-31,40,46,50H,1,6-13,22-25,52H2,2-4H3,(H,53,60)(H,54,62)(H,55,61);5,14-17,22-27,34,40,43H,1,6-13,18-21H2,2-4H3,(H,46,52)(H,47,53)(H,55,56)/t40-,46?,50?;34-,40?,43?/m00/s1. The molecule has 9 aromatic rings. The minimum atomic E-state index is -1.02. The van der Waals surface area contributed by atoms with Crippen molar-refractivity contribution in [3.05, 3.63) is 216 Å². The summed E-state index contributed by atoms with van der Waals surface area (Å²) in [6.45, 7) is 13.5. The van der Waals surface area contributed by atoms with Gasteiger partial charge >= 0.3 is 18.2 Å². The zero-order valence-corrected chi connectivity index (χ0v) is 73.3. The quantitative estimate of drug-likeness (QED) is 0.0130. The Labute approximate surface area is 747 Å². The fourth-order valence-electron chi connectivity index (χ4n) is 16.9. The summed E-state index contributed by atoms with van der Waals surface area (Å²) in [5.74, 6) is -2.05. The number of amides is 9. The summed E-state index contributed by atoms with van der Waals surface area (Å²) in [5.41, 5.74) is 16.3. The Hall–Kier alpha value is -13.8. The molecule has 33 nitrogen and oxygen atoms in total. The highest BCUT2D eigenvalue weighted by Crippen LogP contribution is 2.43. The van der Waals surface area contributed by atoms with Gasteiger partial charge in [0.25, 0.3) is 29.5 Å². The Balaban J connectivity index is 0.000000210. The number of carbonyl (C=O) groups excluding carboxylic acids is 9. The molecule has 129 heavy (non-hydrogen) atoms. The number of nitrogens with one attached hydrogen (secondary N) is 5. The lowest BCUT2D eigenvalue weighted by atomic mass is 10.00. The maximum atomic E-state index is 14.2. The molecule has 5 aromatic carbocycles. The van der Waals surface area contributed by atoms with Crippen molar-refractivity contribution in [2.75, 3.05) is 94.8 Å². The smallest absolute Gasteiger partial charge is 0.416 e. The van der Waals surface area contributed by atoms with E-state index in [-0.39, 0.29) is 86.3 Å². The molecule has 6 aliphatic heterocycles. The van der Waals surface area contributed by atoms with Gasteiger partial charge in [-0.1, -0.05) is 49.6 Å². The van der Waals surface area contributed by atoms with Gasteiger partial charge in [-0.05, 0) is 211 Å². The summed E-state index contributed by atoms with van der Waals surface area (Å²) in [6.07, 6.45) is 16.4. The van der Waals surface area contributed by atoms with Gasteiger partial charge in [-0.3, -0.25) is 33.6 Å². The number of aryl methyl sites for hydroxylation is 6. The van der Waals surface area contributed by atoms with Crippen LogP contribution in [0.25, 0.3) is 22.3 Å². The van der Waals surface area contributed by atoms with E-state index in [0.717, 1.165) is 73.6 Å². The first-order chi connectivity index (χ1) is 62.3. The second kappa shape index (κ2) is 41.8. The van der Waals surface area contributed by atoms with E-state index in [1.54, 1.807) is 174 Å². The molecule has 0 saturated carbocycles. The van der Waals surface area contributed by atoms with Crippen molar-refractivity contribution >= 4 is 105 Å². The number of hydrogen-bond donors (Lipinski definition) is 7. The maximum Gasteiger partial charge on any atom is 0.416 e. The third-order valence-corrected chi connectivity index (χ3v) is 23.5. The molecule has 4 aromatic heterocycles. The number of hydrogen-bond acceptors (Lipinski definition) is 19. The number of nitrogens with zero attached hydrogens (tertiary/aromatic N) is 8. The number of fused-ring (bicyclic) bond motifs is 4. The summed E-state index contributed by atoms with van der Waals surface area (Å²) >= 11 is 0. The van der Waals surface area contributed by atoms with Gasteiger partial charge in [0.2, 0.25) is 11.8 Å². The van der Waals surface area contributed by atoms with Gasteiger partial charge in [0.05, 0.1) is 59.2 Å². The summed E-state index contributed by atoms with van der Waals surface area (Å²) in [4.78, 5) is 140. The molecule has 0 aliphatic carbocycles. The highest BCUT2D eigenvalue weighted by molar-refractivity contribution is 6.09. The molecule has 8 N–H and O–H groups in total. The van der Waals surface area contributed by atoms with E-state index in [0.29, 0.717) is 161 Å². The molecular formula is C96H110N14O19. The zero-order valence-electron chi connectivity index (χ0n) is 73.3. The monoisotopic (exact) mass is 1760 g/mol. The van der Waals surface area contributed by atoms with Crippen LogP contribution in [0.1, 0.15) is 177 Å². The number of rotatable bonds is 29. The lowest BCUT2D eigenvalue weighted by Gasteiger charge is -2.42. The Morgan fingerprint density at radius 3 is 1.22 bits per heavy atom. The first kappa shape index (κ1) is 91.5. The van der Waals surface area contributed by atoms with Crippen LogP contribution in [0.2, 0.25) is 0 Å². The van der Waals surface area contributed by atoms with Gasteiger partial charge in [-0.25, -0.2) is 24.2 Å². The number of aromatic carboxylic acids is 1. The van der Waals surface area contributed by atoms with Crippen LogP contribution in [0, 0.1) is 13.8 Å². The van der Waals surface area contributed by atoms with Crippen molar-refractivity contribution in [3.63, 3.8) is 0 Å². The number of carbonyl (C=O) groups is 10. The van der Waals surface area contributed by atoms with Crippen molar-refractivity contribution in [2.45, 2.75) is 154 Å². The maximum absolute atomic E-state index is 14.2. The third-order valence-electron chi connectivity index (χ3n) is 23.5. The van der Waals surface area contributed by atoms with Gasteiger partial charge in [0.15, 0.2) is 25.0 Å². The van der Waals surface area contributed by atoms with E-state index in [9.17, 15) is 53.1 Å². The van der Waals surface area contributed by atoms with E-state index in [4.69, 9.17) is 43.6 Å². The summed E-state index contributed by atoms with van der Waals surface area (Å²) < 4.78 is 55.3. The fourth-order valence-corrected chi connectivity index (χ4v) is 16.9. The largest absolute Gasteiger partial charge is 0.493 e. The van der Waals surface area contributed by atoms with Crippen LogP contribution in [-0.4, -0.2) is 183 Å². The van der Waals surface area contributed by atoms with Crippen LogP contribution in [0.3, 0.4) is 0 Å². The predicted octanol–water partition coefficient (Wildman–Crippen LogP) is 15.3. The molecule has 33 heteroatoms. The average Bonchev–Trinajstić information content (AvgIpc) is 1.62. The minimum absolute atomic E-state index is 0.0289. The highest BCUT2D eigenvalue weighted by Gasteiger charge is 2.49. The lowest BCUT2D eigenvalue weighted by molar-refractivity contribution is -0.199. The van der Waals surface area contributed by atoms with Crippen LogP contribution < -0.4 is 51.6 Å². The van der Waals surface area contributed by atoms with Crippen LogP contribution >= 0.6 is 0 Å². The highest BCUT2D eigenvalue weighted by atomic mass is 16.7. The number of anilines is 8. The van der Waals surface area contributed by atoms with Gasteiger partial charge in [0.1, 0.15) is 47.5 Å². The molecule has 0 spiro atoms. The number of nitrogen functional groups attached to an aromatic ring is 1. The molecule has 678 valence electrons. The lowest BCUT2D eigenvalue weighted by Crippen LogP contribution is -2.57. The normalized spacial score (nSPS) is 18.2. The molecular weight excluding hydrogens is 1650 g/mol. The summed E-state index contributed by atoms with van der Waals surface area (Å²) in [6, 6.07) is 33.9. The molecule has 9 amide bonds. The van der Waals surface area contributed by atoms with E-state index in [1.807, 2.05) is 42.0 Å². The number of nitrogens with two attached hydrogens (primary N) is 1. The molecule has 10 heterocycles. The Bertz CT molecular complexity index is 5640.